The molecule has 0 unspecified atom stereocenters. The van der Waals surface area contributed by atoms with E-state index in [0.29, 0.717) is 13.1 Å². The van der Waals surface area contributed by atoms with Gasteiger partial charge in [0.05, 0.1) is 12.4 Å². The average molecular weight is 412 g/mol. The van der Waals surface area contributed by atoms with Crippen LogP contribution in [0.2, 0.25) is 0 Å². The zero-order chi connectivity index (χ0) is 20.6. The second-order valence-corrected chi connectivity index (χ2v) is 9.11. The summed E-state index contributed by atoms with van der Waals surface area (Å²) in [6.45, 7) is 6.06. The number of rotatable bonds is 11. The van der Waals surface area contributed by atoms with Gasteiger partial charge in [0.15, 0.2) is 0 Å². The molecular weight excluding hydrogens is 378 g/mol. The molecule has 1 aliphatic heterocycles. The minimum Gasteiger partial charge on any atom is -0.383 e. The molecule has 0 spiro atoms. The highest BCUT2D eigenvalue weighted by molar-refractivity contribution is 7.86. The van der Waals surface area contributed by atoms with Gasteiger partial charge in [-0.25, -0.2) is 0 Å². The first-order chi connectivity index (χ1) is 13.3. The van der Waals surface area contributed by atoms with Crippen LogP contribution in [-0.2, 0) is 26.2 Å². The van der Waals surface area contributed by atoms with Crippen molar-refractivity contribution >= 4 is 16.0 Å². The Morgan fingerprint density at radius 3 is 2.54 bits per heavy atom. The van der Waals surface area contributed by atoms with Crippen LogP contribution in [0, 0.1) is 5.92 Å². The fourth-order valence-corrected chi connectivity index (χ4v) is 3.98. The van der Waals surface area contributed by atoms with Crippen LogP contribution in [0.15, 0.2) is 24.3 Å². The van der Waals surface area contributed by atoms with Crippen LogP contribution in [0.5, 0.6) is 5.75 Å². The molecule has 1 fully saturated rings. The van der Waals surface area contributed by atoms with E-state index in [4.69, 9.17) is 8.92 Å². The van der Waals surface area contributed by atoms with Gasteiger partial charge in [0, 0.05) is 25.6 Å². The predicted octanol–water partition coefficient (Wildman–Crippen LogP) is 3.75. The topological polar surface area (TPSA) is 72.9 Å². The minimum absolute atomic E-state index is 0.0363. The molecule has 0 aliphatic carbocycles. The number of hydrogen-bond acceptors (Lipinski definition) is 5. The molecule has 28 heavy (non-hydrogen) atoms. The number of nitrogens with zero attached hydrogens (tertiary/aromatic N) is 1. The Morgan fingerprint density at radius 2 is 2.00 bits per heavy atom. The molecule has 1 aromatic carbocycles. The van der Waals surface area contributed by atoms with Gasteiger partial charge in [0.2, 0.25) is 5.91 Å². The van der Waals surface area contributed by atoms with Crippen LogP contribution in [0.4, 0.5) is 0 Å². The van der Waals surface area contributed by atoms with Gasteiger partial charge in [-0.05, 0) is 43.4 Å². The number of unbranched alkanes of at least 4 members (excludes halogenated alkanes) is 1. The Bertz CT molecular complexity index is 711. The minimum atomic E-state index is -3.55. The summed E-state index contributed by atoms with van der Waals surface area (Å²) in [4.78, 5) is 15.1. The molecular formula is C21H33NO5S. The van der Waals surface area contributed by atoms with Crippen LogP contribution in [-0.4, -0.2) is 44.7 Å². The fourth-order valence-electron chi connectivity index (χ4n) is 3.52. The molecule has 0 bridgehead atoms. The average Bonchev–Trinajstić information content (AvgIpc) is 3.15. The van der Waals surface area contributed by atoms with Gasteiger partial charge in [-0.2, -0.15) is 8.42 Å². The summed E-state index contributed by atoms with van der Waals surface area (Å²) in [7, 11) is -3.55. The van der Waals surface area contributed by atoms with Gasteiger partial charge in [0.25, 0.3) is 0 Å². The Balaban J connectivity index is 2.10. The molecule has 2 atom stereocenters. The molecule has 1 aliphatic rings. The lowest BCUT2D eigenvalue weighted by Gasteiger charge is -2.29. The first-order valence-corrected chi connectivity index (χ1v) is 12.0. The van der Waals surface area contributed by atoms with E-state index in [-0.39, 0.29) is 23.7 Å². The van der Waals surface area contributed by atoms with Crippen LogP contribution in [0.1, 0.15) is 57.9 Å². The second kappa shape index (κ2) is 10.8. The standard InChI is InChI=1S/C21H33NO5S/c1-4-6-8-18(5-2)21(23)22(16-20-9-7-14-26-20)15-17-10-12-19(13-11-17)27-28(3,24)25/h10-13,18,20H,4-9,14-16H2,1-3H3/t18-,20-/m0/s1. The van der Waals surface area contributed by atoms with Gasteiger partial charge in [-0.3, -0.25) is 4.79 Å². The van der Waals surface area contributed by atoms with Crippen molar-refractivity contribution in [3.63, 3.8) is 0 Å². The van der Waals surface area contributed by atoms with Crippen molar-refractivity contribution in [3.05, 3.63) is 29.8 Å². The van der Waals surface area contributed by atoms with Crippen molar-refractivity contribution in [2.24, 2.45) is 5.92 Å². The van der Waals surface area contributed by atoms with Gasteiger partial charge in [-0.1, -0.05) is 38.8 Å². The molecule has 0 saturated carbocycles. The summed E-state index contributed by atoms with van der Waals surface area (Å²) < 4.78 is 33.2. The molecule has 1 heterocycles. The van der Waals surface area contributed by atoms with Crippen LogP contribution in [0.25, 0.3) is 0 Å². The number of amides is 1. The number of benzene rings is 1. The van der Waals surface area contributed by atoms with E-state index in [0.717, 1.165) is 57.0 Å². The molecule has 0 aromatic heterocycles. The summed E-state index contributed by atoms with van der Waals surface area (Å²) in [5, 5.41) is 0. The van der Waals surface area contributed by atoms with Gasteiger partial charge >= 0.3 is 10.1 Å². The van der Waals surface area contributed by atoms with Crippen LogP contribution >= 0.6 is 0 Å². The zero-order valence-corrected chi connectivity index (χ0v) is 18.0. The third-order valence-corrected chi connectivity index (χ3v) is 5.55. The molecule has 2 rings (SSSR count). The maximum absolute atomic E-state index is 13.2. The van der Waals surface area contributed by atoms with Crippen molar-refractivity contribution < 1.29 is 22.1 Å². The number of carbonyl (C=O) groups excluding carboxylic acids is 1. The highest BCUT2D eigenvalue weighted by Crippen LogP contribution is 2.22. The molecule has 1 saturated heterocycles. The maximum Gasteiger partial charge on any atom is 0.306 e. The molecule has 6 nitrogen and oxygen atoms in total. The maximum atomic E-state index is 13.2. The monoisotopic (exact) mass is 411 g/mol. The molecule has 0 N–H and O–H groups in total. The molecule has 0 radical (unpaired) electrons. The Kier molecular flexibility index (Phi) is 8.76. The van der Waals surface area contributed by atoms with Crippen LogP contribution in [0.3, 0.4) is 0 Å². The van der Waals surface area contributed by atoms with Crippen molar-refractivity contribution in [2.45, 2.75) is 65.0 Å². The predicted molar refractivity (Wildman–Crippen MR) is 110 cm³/mol. The largest absolute Gasteiger partial charge is 0.383 e. The number of carbonyl (C=O) groups is 1. The summed E-state index contributed by atoms with van der Waals surface area (Å²) >= 11 is 0. The van der Waals surface area contributed by atoms with E-state index < -0.39 is 10.1 Å². The van der Waals surface area contributed by atoms with Gasteiger partial charge < -0.3 is 13.8 Å². The van der Waals surface area contributed by atoms with E-state index in [1.54, 1.807) is 12.1 Å². The summed E-state index contributed by atoms with van der Waals surface area (Å²) in [6.07, 6.45) is 7.02. The van der Waals surface area contributed by atoms with E-state index in [1.165, 1.54) is 0 Å². The summed E-state index contributed by atoms with van der Waals surface area (Å²) in [5.74, 6) is 0.495. The second-order valence-electron chi connectivity index (χ2n) is 7.53. The zero-order valence-electron chi connectivity index (χ0n) is 17.2. The summed E-state index contributed by atoms with van der Waals surface area (Å²) in [6, 6.07) is 6.87. The van der Waals surface area contributed by atoms with Crippen molar-refractivity contribution in [2.75, 3.05) is 19.4 Å². The van der Waals surface area contributed by atoms with Crippen molar-refractivity contribution in [3.8, 4) is 5.75 Å². The smallest absolute Gasteiger partial charge is 0.306 e. The molecule has 158 valence electrons. The van der Waals surface area contributed by atoms with Gasteiger partial charge in [0.1, 0.15) is 5.75 Å². The Morgan fingerprint density at radius 1 is 1.29 bits per heavy atom. The fraction of sp³-hybridized carbons (Fsp3) is 0.667. The highest BCUT2D eigenvalue weighted by Gasteiger charge is 2.27. The van der Waals surface area contributed by atoms with Crippen molar-refractivity contribution in [1.29, 1.82) is 0 Å². The molecule has 7 heteroatoms. The van der Waals surface area contributed by atoms with Gasteiger partial charge in [-0.15, -0.1) is 0 Å². The lowest BCUT2D eigenvalue weighted by atomic mass is 9.97. The summed E-state index contributed by atoms with van der Waals surface area (Å²) in [5.41, 5.74) is 0.942. The number of hydrogen-bond donors (Lipinski definition) is 0. The third kappa shape index (κ3) is 7.43. The Hall–Kier alpha value is -1.60. The lowest BCUT2D eigenvalue weighted by Crippen LogP contribution is -2.40. The van der Waals surface area contributed by atoms with E-state index in [1.807, 2.05) is 17.0 Å². The highest BCUT2D eigenvalue weighted by atomic mass is 32.2. The first kappa shape index (κ1) is 22.7. The molecule has 1 amide bonds. The third-order valence-electron chi connectivity index (χ3n) is 5.05. The molecule has 1 aromatic rings. The first-order valence-electron chi connectivity index (χ1n) is 10.2. The quantitative estimate of drug-likeness (QED) is 0.519. The van der Waals surface area contributed by atoms with E-state index in [9.17, 15) is 13.2 Å². The number of ether oxygens (including phenoxy) is 1. The van der Waals surface area contributed by atoms with E-state index in [2.05, 4.69) is 13.8 Å². The Labute approximate surface area is 169 Å². The van der Waals surface area contributed by atoms with Crippen LogP contribution < -0.4 is 4.18 Å². The SMILES string of the molecule is CCCC[C@H](CC)C(=O)N(Cc1ccc(OS(C)(=O)=O)cc1)C[C@@H]1CCCO1. The van der Waals surface area contributed by atoms with E-state index >= 15 is 0 Å². The normalized spacial score (nSPS) is 18.0. The lowest BCUT2D eigenvalue weighted by molar-refractivity contribution is -0.138. The van der Waals surface area contributed by atoms with Crippen molar-refractivity contribution in [1.82, 2.24) is 4.90 Å².